The molecule has 3 rings (SSSR count). The summed E-state index contributed by atoms with van der Waals surface area (Å²) in [5, 5.41) is 0. The molecule has 0 aliphatic carbocycles. The average molecular weight is 315 g/mol. The van der Waals surface area contributed by atoms with Crippen LogP contribution in [0.15, 0.2) is 23.2 Å². The maximum Gasteiger partial charge on any atom is 0.410 e. The van der Waals surface area contributed by atoms with E-state index in [9.17, 15) is 4.79 Å². The minimum absolute atomic E-state index is 0.209. The summed E-state index contributed by atoms with van der Waals surface area (Å²) in [6.07, 6.45) is 2.76. The molecule has 1 saturated heterocycles. The molecule has 1 aromatic carbocycles. The Balaban J connectivity index is 1.66. The molecule has 0 spiro atoms. The first kappa shape index (κ1) is 15.8. The van der Waals surface area contributed by atoms with E-state index in [1.165, 1.54) is 16.8 Å². The molecular formula is C18H25N3O2. The molecule has 2 heterocycles. The molecule has 5 nitrogen and oxygen atoms in total. The van der Waals surface area contributed by atoms with E-state index in [-0.39, 0.29) is 6.09 Å². The summed E-state index contributed by atoms with van der Waals surface area (Å²) in [7, 11) is 0. The number of aliphatic imine (C=N–C) groups is 1. The number of carbonyl (C=O) groups is 1. The maximum absolute atomic E-state index is 12.2. The van der Waals surface area contributed by atoms with Crippen LogP contribution in [0.4, 0.5) is 10.5 Å². The number of hydrogen-bond acceptors (Lipinski definition) is 4. The number of nitrogens with zero attached hydrogens (tertiary/aromatic N) is 3. The highest BCUT2D eigenvalue weighted by Crippen LogP contribution is 2.27. The van der Waals surface area contributed by atoms with Gasteiger partial charge in [0.2, 0.25) is 0 Å². The summed E-state index contributed by atoms with van der Waals surface area (Å²) in [4.78, 5) is 20.7. The van der Waals surface area contributed by atoms with Crippen LogP contribution in [0.5, 0.6) is 0 Å². The Labute approximate surface area is 137 Å². The van der Waals surface area contributed by atoms with Crippen molar-refractivity contribution >= 4 is 18.0 Å². The molecule has 0 radical (unpaired) electrons. The molecule has 0 N–H and O–H groups in total. The van der Waals surface area contributed by atoms with Crippen molar-refractivity contribution in [2.75, 3.05) is 37.6 Å². The normalized spacial score (nSPS) is 17.9. The van der Waals surface area contributed by atoms with Gasteiger partial charge in [0.1, 0.15) is 5.60 Å². The van der Waals surface area contributed by atoms with E-state index in [4.69, 9.17) is 4.74 Å². The lowest BCUT2D eigenvalue weighted by Gasteiger charge is -2.38. The van der Waals surface area contributed by atoms with Gasteiger partial charge in [0.15, 0.2) is 0 Å². The molecule has 23 heavy (non-hydrogen) atoms. The number of benzene rings is 1. The first-order chi connectivity index (χ1) is 10.9. The van der Waals surface area contributed by atoms with Gasteiger partial charge in [0.05, 0.1) is 0 Å². The third-order valence-electron chi connectivity index (χ3n) is 4.18. The SMILES string of the molecule is CC(C)(C)OC(=O)N1CCN(c2cccc3c2CCN=C3)CC1. The standard InChI is InChI=1S/C18H25N3O2/c1-18(2,3)23-17(22)21-11-9-20(10-12-21)16-6-4-5-14-13-19-8-7-15(14)16/h4-6,13H,7-12H2,1-3H3. The van der Waals surface area contributed by atoms with Crippen LogP contribution in [0, 0.1) is 0 Å². The zero-order valence-electron chi connectivity index (χ0n) is 14.2. The lowest BCUT2D eigenvalue weighted by atomic mass is 10.00. The molecule has 0 atom stereocenters. The van der Waals surface area contributed by atoms with Gasteiger partial charge in [-0.2, -0.15) is 0 Å². The molecule has 1 fully saturated rings. The number of carbonyl (C=O) groups excluding carboxylic acids is 1. The second-order valence-corrected chi connectivity index (χ2v) is 7.08. The van der Waals surface area contributed by atoms with Crippen LogP contribution in [0.25, 0.3) is 0 Å². The van der Waals surface area contributed by atoms with Gasteiger partial charge in [-0.25, -0.2) is 4.79 Å². The quantitative estimate of drug-likeness (QED) is 0.800. The smallest absolute Gasteiger partial charge is 0.410 e. The van der Waals surface area contributed by atoms with Crippen LogP contribution in [-0.2, 0) is 11.2 Å². The fraction of sp³-hybridized carbons (Fsp3) is 0.556. The van der Waals surface area contributed by atoms with Crippen LogP contribution >= 0.6 is 0 Å². The van der Waals surface area contributed by atoms with Crippen LogP contribution in [0.3, 0.4) is 0 Å². The first-order valence-electron chi connectivity index (χ1n) is 8.29. The fourth-order valence-corrected chi connectivity index (χ4v) is 3.08. The van der Waals surface area contributed by atoms with Crippen molar-refractivity contribution in [1.82, 2.24) is 4.90 Å². The summed E-state index contributed by atoms with van der Waals surface area (Å²) in [6, 6.07) is 6.39. The number of amides is 1. The molecule has 1 aromatic rings. The largest absolute Gasteiger partial charge is 0.444 e. The Morgan fingerprint density at radius 2 is 1.91 bits per heavy atom. The Morgan fingerprint density at radius 3 is 2.61 bits per heavy atom. The van der Waals surface area contributed by atoms with Crippen molar-refractivity contribution in [3.05, 3.63) is 29.3 Å². The molecule has 0 saturated carbocycles. The zero-order chi connectivity index (χ0) is 16.4. The minimum Gasteiger partial charge on any atom is -0.444 e. The van der Waals surface area contributed by atoms with Gasteiger partial charge in [0.25, 0.3) is 0 Å². The summed E-state index contributed by atoms with van der Waals surface area (Å²) in [5.74, 6) is 0. The predicted molar refractivity (Wildman–Crippen MR) is 92.6 cm³/mol. The van der Waals surface area contributed by atoms with Crippen LogP contribution in [-0.4, -0.2) is 55.5 Å². The van der Waals surface area contributed by atoms with Gasteiger partial charge in [-0.15, -0.1) is 0 Å². The molecule has 2 aliphatic rings. The second kappa shape index (κ2) is 6.22. The Morgan fingerprint density at radius 1 is 1.17 bits per heavy atom. The molecule has 0 aromatic heterocycles. The van der Waals surface area contributed by atoms with Gasteiger partial charge in [0, 0.05) is 44.6 Å². The topological polar surface area (TPSA) is 45.1 Å². The summed E-state index contributed by atoms with van der Waals surface area (Å²) >= 11 is 0. The van der Waals surface area contributed by atoms with Crippen molar-refractivity contribution in [3.63, 3.8) is 0 Å². The molecule has 124 valence electrons. The number of anilines is 1. The summed E-state index contributed by atoms with van der Waals surface area (Å²) < 4.78 is 5.46. The van der Waals surface area contributed by atoms with Gasteiger partial charge < -0.3 is 14.5 Å². The molecule has 0 bridgehead atoms. The highest BCUT2D eigenvalue weighted by atomic mass is 16.6. The number of fused-ring (bicyclic) bond motifs is 1. The Bertz CT molecular complexity index is 611. The van der Waals surface area contributed by atoms with Crippen molar-refractivity contribution in [1.29, 1.82) is 0 Å². The third kappa shape index (κ3) is 3.66. The summed E-state index contributed by atoms with van der Waals surface area (Å²) in [6.45, 7) is 9.65. The predicted octanol–water partition coefficient (Wildman–Crippen LogP) is 2.72. The Hall–Kier alpha value is -2.04. The molecule has 1 amide bonds. The monoisotopic (exact) mass is 315 g/mol. The van der Waals surface area contributed by atoms with E-state index in [0.717, 1.165) is 26.1 Å². The lowest BCUT2D eigenvalue weighted by Crippen LogP contribution is -2.50. The average Bonchev–Trinajstić information content (AvgIpc) is 2.53. The molecule has 2 aliphatic heterocycles. The van der Waals surface area contributed by atoms with Crippen molar-refractivity contribution in [3.8, 4) is 0 Å². The van der Waals surface area contributed by atoms with Crippen LogP contribution in [0.1, 0.15) is 31.9 Å². The van der Waals surface area contributed by atoms with E-state index in [1.54, 1.807) is 4.90 Å². The summed E-state index contributed by atoms with van der Waals surface area (Å²) in [5.41, 5.74) is 3.46. The van der Waals surface area contributed by atoms with Gasteiger partial charge in [-0.3, -0.25) is 4.99 Å². The molecule has 5 heteroatoms. The third-order valence-corrected chi connectivity index (χ3v) is 4.18. The van der Waals surface area contributed by atoms with Crippen molar-refractivity contribution in [2.45, 2.75) is 32.8 Å². The highest BCUT2D eigenvalue weighted by Gasteiger charge is 2.27. The molecule has 0 unspecified atom stereocenters. The lowest BCUT2D eigenvalue weighted by molar-refractivity contribution is 0.0240. The van der Waals surface area contributed by atoms with E-state index in [2.05, 4.69) is 28.1 Å². The maximum atomic E-state index is 12.2. The van der Waals surface area contributed by atoms with E-state index >= 15 is 0 Å². The van der Waals surface area contributed by atoms with Crippen molar-refractivity contribution in [2.24, 2.45) is 4.99 Å². The van der Waals surface area contributed by atoms with Gasteiger partial charge >= 0.3 is 6.09 Å². The second-order valence-electron chi connectivity index (χ2n) is 7.08. The molecular weight excluding hydrogens is 290 g/mol. The van der Waals surface area contributed by atoms with Crippen LogP contribution in [0.2, 0.25) is 0 Å². The number of rotatable bonds is 1. The van der Waals surface area contributed by atoms with Gasteiger partial charge in [-0.1, -0.05) is 12.1 Å². The minimum atomic E-state index is -0.438. The number of hydrogen-bond donors (Lipinski definition) is 0. The fourth-order valence-electron chi connectivity index (χ4n) is 3.08. The zero-order valence-corrected chi connectivity index (χ0v) is 14.2. The van der Waals surface area contributed by atoms with Gasteiger partial charge in [-0.05, 0) is 44.4 Å². The highest BCUT2D eigenvalue weighted by molar-refractivity contribution is 5.86. The van der Waals surface area contributed by atoms with E-state index < -0.39 is 5.60 Å². The first-order valence-corrected chi connectivity index (χ1v) is 8.29. The number of ether oxygens (including phenoxy) is 1. The van der Waals surface area contributed by atoms with E-state index in [0.29, 0.717) is 13.1 Å². The van der Waals surface area contributed by atoms with E-state index in [1.807, 2.05) is 27.0 Å². The number of piperazine rings is 1. The Kier molecular flexibility index (Phi) is 4.28. The van der Waals surface area contributed by atoms with Crippen LogP contribution < -0.4 is 4.90 Å². The van der Waals surface area contributed by atoms with Crippen molar-refractivity contribution < 1.29 is 9.53 Å².